The molecule has 1 aromatic heterocycles. The van der Waals surface area contributed by atoms with E-state index in [-0.39, 0.29) is 24.1 Å². The van der Waals surface area contributed by atoms with Gasteiger partial charge in [0.25, 0.3) is 5.56 Å². The van der Waals surface area contributed by atoms with Gasteiger partial charge in [-0.15, -0.1) is 0 Å². The third-order valence-corrected chi connectivity index (χ3v) is 4.15. The predicted octanol–water partition coefficient (Wildman–Crippen LogP) is 0.139. The van der Waals surface area contributed by atoms with Crippen molar-refractivity contribution in [3.05, 3.63) is 22.6 Å². The molecule has 0 radical (unpaired) electrons. The summed E-state index contributed by atoms with van der Waals surface area (Å²) in [5.41, 5.74) is 0.610. The first-order chi connectivity index (χ1) is 10.7. The monoisotopic (exact) mass is 306 g/mol. The minimum atomic E-state index is -0.237. The molecule has 0 aliphatic carbocycles. The number of nitrogens with one attached hydrogen (secondary N) is 1. The molecule has 1 aromatic rings. The van der Waals surface area contributed by atoms with Crippen LogP contribution in [0.25, 0.3) is 0 Å². The molecule has 2 fully saturated rings. The molecule has 1 atom stereocenters. The van der Waals surface area contributed by atoms with Crippen molar-refractivity contribution < 1.29 is 9.53 Å². The molecule has 0 spiro atoms. The van der Waals surface area contributed by atoms with Gasteiger partial charge in [-0.2, -0.15) is 5.10 Å². The number of hydrogen-bond acceptors (Lipinski definition) is 5. The van der Waals surface area contributed by atoms with E-state index in [1.54, 1.807) is 12.3 Å². The number of aromatic nitrogens is 2. The van der Waals surface area contributed by atoms with Gasteiger partial charge in [0.2, 0.25) is 5.91 Å². The zero-order valence-corrected chi connectivity index (χ0v) is 12.7. The lowest BCUT2D eigenvalue weighted by molar-refractivity contribution is -0.123. The summed E-state index contributed by atoms with van der Waals surface area (Å²) >= 11 is 0. The third-order valence-electron chi connectivity index (χ3n) is 4.15. The van der Waals surface area contributed by atoms with Crippen LogP contribution in [-0.4, -0.2) is 48.0 Å². The average molecular weight is 306 g/mol. The van der Waals surface area contributed by atoms with Crippen molar-refractivity contribution in [2.75, 3.05) is 31.2 Å². The smallest absolute Gasteiger partial charge is 0.269 e. The molecule has 1 N–H and O–H groups in total. The van der Waals surface area contributed by atoms with Gasteiger partial charge in [-0.1, -0.05) is 0 Å². The number of amides is 1. The maximum atomic E-state index is 12.1. The zero-order valence-electron chi connectivity index (χ0n) is 12.7. The Morgan fingerprint density at radius 3 is 2.86 bits per heavy atom. The van der Waals surface area contributed by atoms with Crippen molar-refractivity contribution in [2.24, 2.45) is 0 Å². The Bertz CT molecular complexity index is 574. The Balaban J connectivity index is 1.59. The van der Waals surface area contributed by atoms with E-state index in [0.717, 1.165) is 51.1 Å². The summed E-state index contributed by atoms with van der Waals surface area (Å²) in [4.78, 5) is 26.2. The number of rotatable bonds is 4. The molecular formula is C15H22N4O3. The molecule has 0 aromatic carbocycles. The molecular weight excluding hydrogens is 284 g/mol. The lowest BCUT2D eigenvalue weighted by Gasteiger charge is -2.23. The van der Waals surface area contributed by atoms with Crippen LogP contribution in [0.15, 0.2) is 17.1 Å². The van der Waals surface area contributed by atoms with Crippen molar-refractivity contribution in [3.8, 4) is 0 Å². The molecule has 0 saturated carbocycles. The highest BCUT2D eigenvalue weighted by molar-refractivity contribution is 5.76. The molecule has 2 saturated heterocycles. The van der Waals surface area contributed by atoms with E-state index in [4.69, 9.17) is 4.74 Å². The number of hydrogen-bond donors (Lipinski definition) is 1. The second-order valence-electron chi connectivity index (χ2n) is 5.89. The van der Waals surface area contributed by atoms with Gasteiger partial charge in [0, 0.05) is 25.8 Å². The van der Waals surface area contributed by atoms with Gasteiger partial charge in [-0.05, 0) is 25.7 Å². The van der Waals surface area contributed by atoms with Crippen LogP contribution < -0.4 is 15.8 Å². The molecule has 22 heavy (non-hydrogen) atoms. The Hall–Kier alpha value is -1.89. The van der Waals surface area contributed by atoms with Crippen LogP contribution in [0, 0.1) is 0 Å². The van der Waals surface area contributed by atoms with Crippen molar-refractivity contribution in [2.45, 2.75) is 38.3 Å². The van der Waals surface area contributed by atoms with Gasteiger partial charge < -0.3 is 15.0 Å². The van der Waals surface area contributed by atoms with Crippen molar-refractivity contribution in [1.82, 2.24) is 15.1 Å². The normalized spacial score (nSPS) is 21.8. The minimum Gasteiger partial charge on any atom is -0.379 e. The maximum absolute atomic E-state index is 12.1. The van der Waals surface area contributed by atoms with Crippen LogP contribution in [0.2, 0.25) is 0 Å². The highest BCUT2D eigenvalue weighted by Crippen LogP contribution is 2.16. The van der Waals surface area contributed by atoms with Gasteiger partial charge in [-0.3, -0.25) is 9.59 Å². The van der Waals surface area contributed by atoms with Gasteiger partial charge in [0.1, 0.15) is 6.54 Å². The van der Waals surface area contributed by atoms with Crippen LogP contribution in [0.4, 0.5) is 5.69 Å². The molecule has 3 heterocycles. The first-order valence-corrected chi connectivity index (χ1v) is 7.91. The number of nitrogens with zero attached hydrogens (tertiary/aromatic N) is 3. The fraction of sp³-hybridized carbons (Fsp3) is 0.667. The van der Waals surface area contributed by atoms with E-state index < -0.39 is 0 Å². The lowest BCUT2D eigenvalue weighted by Crippen LogP contribution is -2.43. The van der Waals surface area contributed by atoms with Crippen LogP contribution in [0.3, 0.4) is 0 Å². The second kappa shape index (κ2) is 6.91. The standard InChI is InChI=1S/C15H22N4O3/c20-14(17-12-4-3-7-22-11-12)10-19-15(21)8-13(9-16-19)18-5-1-2-6-18/h8-9,12H,1-7,10-11H2,(H,17,20). The summed E-state index contributed by atoms with van der Waals surface area (Å²) in [6, 6.07) is 1.61. The molecule has 0 bridgehead atoms. The first kappa shape index (κ1) is 15.0. The number of anilines is 1. The van der Waals surface area contributed by atoms with E-state index >= 15 is 0 Å². The minimum absolute atomic E-state index is 0.0424. The fourth-order valence-electron chi connectivity index (χ4n) is 2.95. The Kier molecular flexibility index (Phi) is 4.72. The van der Waals surface area contributed by atoms with E-state index in [2.05, 4.69) is 15.3 Å². The predicted molar refractivity (Wildman–Crippen MR) is 81.9 cm³/mol. The summed E-state index contributed by atoms with van der Waals surface area (Å²) in [5.74, 6) is -0.195. The SMILES string of the molecule is O=C(Cn1ncc(N2CCCC2)cc1=O)NC1CCCOC1. The summed E-state index contributed by atoms with van der Waals surface area (Å²) < 4.78 is 6.53. The molecule has 3 rings (SSSR count). The van der Waals surface area contributed by atoms with Gasteiger partial charge in [0.05, 0.1) is 24.5 Å². The molecule has 120 valence electrons. The topological polar surface area (TPSA) is 76.5 Å². The number of carbonyl (C=O) groups excluding carboxylic acids is 1. The van der Waals surface area contributed by atoms with Crippen molar-refractivity contribution in [3.63, 3.8) is 0 Å². The Morgan fingerprint density at radius 2 is 2.18 bits per heavy atom. The van der Waals surface area contributed by atoms with Crippen LogP contribution in [0.5, 0.6) is 0 Å². The fourth-order valence-corrected chi connectivity index (χ4v) is 2.95. The van der Waals surface area contributed by atoms with Crippen LogP contribution >= 0.6 is 0 Å². The van der Waals surface area contributed by atoms with E-state index in [1.165, 1.54) is 4.68 Å². The summed E-state index contributed by atoms with van der Waals surface area (Å²) in [6.07, 6.45) is 5.84. The summed E-state index contributed by atoms with van der Waals surface area (Å²) in [7, 11) is 0. The zero-order chi connectivity index (χ0) is 15.4. The summed E-state index contributed by atoms with van der Waals surface area (Å²) in [5, 5.41) is 7.02. The molecule has 7 heteroatoms. The highest BCUT2D eigenvalue weighted by Gasteiger charge is 2.18. The Morgan fingerprint density at radius 1 is 1.36 bits per heavy atom. The van der Waals surface area contributed by atoms with E-state index in [0.29, 0.717) is 6.61 Å². The van der Waals surface area contributed by atoms with E-state index in [1.807, 2.05) is 0 Å². The lowest BCUT2D eigenvalue weighted by atomic mass is 10.1. The Labute approximate surface area is 129 Å². The largest absolute Gasteiger partial charge is 0.379 e. The number of ether oxygens (including phenoxy) is 1. The molecule has 7 nitrogen and oxygen atoms in total. The maximum Gasteiger partial charge on any atom is 0.269 e. The first-order valence-electron chi connectivity index (χ1n) is 7.91. The van der Waals surface area contributed by atoms with Crippen molar-refractivity contribution in [1.29, 1.82) is 0 Å². The van der Waals surface area contributed by atoms with Crippen LogP contribution in [-0.2, 0) is 16.1 Å². The van der Waals surface area contributed by atoms with Gasteiger partial charge in [0.15, 0.2) is 0 Å². The average Bonchev–Trinajstić information content (AvgIpc) is 3.04. The molecule has 2 aliphatic rings. The molecule has 2 aliphatic heterocycles. The summed E-state index contributed by atoms with van der Waals surface area (Å²) in [6.45, 7) is 3.18. The quantitative estimate of drug-likeness (QED) is 0.856. The highest BCUT2D eigenvalue weighted by atomic mass is 16.5. The molecule has 1 unspecified atom stereocenters. The third kappa shape index (κ3) is 3.65. The van der Waals surface area contributed by atoms with Crippen molar-refractivity contribution >= 4 is 11.6 Å². The van der Waals surface area contributed by atoms with Gasteiger partial charge in [-0.25, -0.2) is 4.68 Å². The number of carbonyl (C=O) groups is 1. The second-order valence-corrected chi connectivity index (χ2v) is 5.89. The molecule has 1 amide bonds. The van der Waals surface area contributed by atoms with Crippen LogP contribution in [0.1, 0.15) is 25.7 Å². The van der Waals surface area contributed by atoms with E-state index in [9.17, 15) is 9.59 Å². The van der Waals surface area contributed by atoms with Gasteiger partial charge >= 0.3 is 0 Å².